The summed E-state index contributed by atoms with van der Waals surface area (Å²) in [6.07, 6.45) is 3.87. The summed E-state index contributed by atoms with van der Waals surface area (Å²) >= 11 is 6.25. The van der Waals surface area contributed by atoms with Gasteiger partial charge in [-0.05, 0) is 49.9 Å². The Labute approximate surface area is 229 Å². The molecule has 1 amide bonds. The molecule has 1 aromatic heterocycles. The van der Waals surface area contributed by atoms with E-state index in [9.17, 15) is 9.18 Å². The third-order valence-corrected chi connectivity index (χ3v) is 5.68. The number of carbonyl (C=O) groups excluding carboxylic acids is 1. The van der Waals surface area contributed by atoms with Gasteiger partial charge in [0.15, 0.2) is 5.82 Å². The Hall–Kier alpha value is -3.69. The van der Waals surface area contributed by atoms with Gasteiger partial charge in [0.2, 0.25) is 12.4 Å². The molecule has 10 heteroatoms. The van der Waals surface area contributed by atoms with E-state index in [0.29, 0.717) is 46.8 Å². The second-order valence-corrected chi connectivity index (χ2v) is 8.60. The molecule has 1 fully saturated rings. The number of nitrogens with zero attached hydrogens (tertiary/aromatic N) is 4. The number of carbonyl (C=O) groups is 1. The topological polar surface area (TPSA) is 85.4 Å². The van der Waals surface area contributed by atoms with Crippen molar-refractivity contribution in [1.82, 2.24) is 14.9 Å². The van der Waals surface area contributed by atoms with Crippen molar-refractivity contribution in [2.24, 2.45) is 0 Å². The molecule has 2 heterocycles. The molecule has 0 bridgehead atoms. The summed E-state index contributed by atoms with van der Waals surface area (Å²) < 4.78 is 14.8. The molecule has 1 aliphatic rings. The molecule has 0 radical (unpaired) electrons. The van der Waals surface area contributed by atoms with Crippen LogP contribution >= 0.6 is 11.6 Å². The number of benzene rings is 2. The average molecular weight is 542 g/mol. The van der Waals surface area contributed by atoms with Gasteiger partial charge in [0.05, 0.1) is 11.9 Å². The number of hydrogen-bond acceptors (Lipinski definition) is 7. The molecular weight excluding hydrogens is 505 g/mol. The Morgan fingerprint density at radius 2 is 1.82 bits per heavy atom. The first-order chi connectivity index (χ1) is 18.4. The fraction of sp³-hybridized carbons (Fsp3) is 0.321. The zero-order chi connectivity index (χ0) is 27.9. The predicted molar refractivity (Wildman–Crippen MR) is 157 cm³/mol. The number of hydrogen-bond donors (Lipinski definition) is 3. The number of nitrogens with one attached hydrogen (secondary N) is 3. The van der Waals surface area contributed by atoms with Gasteiger partial charge in [0.25, 0.3) is 0 Å². The van der Waals surface area contributed by atoms with E-state index in [1.165, 1.54) is 12.3 Å². The maximum absolute atomic E-state index is 14.8. The van der Waals surface area contributed by atoms with Gasteiger partial charge in [-0.25, -0.2) is 9.37 Å². The highest BCUT2D eigenvalue weighted by Crippen LogP contribution is 2.26. The number of allylic oxidation sites excluding steroid dienone is 1. The molecule has 3 N–H and O–H groups in total. The number of anilines is 5. The van der Waals surface area contributed by atoms with Crippen molar-refractivity contribution in [2.75, 3.05) is 54.1 Å². The number of piperazine rings is 1. The van der Waals surface area contributed by atoms with Crippen LogP contribution in [0.3, 0.4) is 0 Å². The highest BCUT2D eigenvalue weighted by molar-refractivity contribution is 6.32. The molecule has 1 saturated heterocycles. The molecule has 1 aliphatic heterocycles. The summed E-state index contributed by atoms with van der Waals surface area (Å²) in [6, 6.07) is 12.4. The van der Waals surface area contributed by atoms with Gasteiger partial charge in [-0.15, -0.1) is 6.58 Å². The highest BCUT2D eigenvalue weighted by atomic mass is 35.5. The van der Waals surface area contributed by atoms with Crippen molar-refractivity contribution in [3.05, 3.63) is 77.7 Å². The van der Waals surface area contributed by atoms with Crippen LogP contribution in [0.25, 0.3) is 0 Å². The van der Waals surface area contributed by atoms with Crippen molar-refractivity contribution in [2.45, 2.75) is 27.3 Å². The normalized spacial score (nSPS) is 12.7. The SMILES string of the molecule is C=CC.CC.CN1CCN(c2ccc(Nc3ncc(Cl)c(NCc4cccc(NC=O)c4)n3)cc2F)CC1. The molecule has 0 atom stereocenters. The molecule has 0 saturated carbocycles. The summed E-state index contributed by atoms with van der Waals surface area (Å²) in [5.41, 5.74) is 2.78. The van der Waals surface area contributed by atoms with Gasteiger partial charge >= 0.3 is 0 Å². The average Bonchev–Trinajstić information content (AvgIpc) is 2.92. The van der Waals surface area contributed by atoms with E-state index < -0.39 is 0 Å². The number of halogens is 2. The summed E-state index contributed by atoms with van der Waals surface area (Å²) in [6.45, 7) is 13.1. The van der Waals surface area contributed by atoms with Crippen LogP contribution in [0.15, 0.2) is 61.3 Å². The first kappa shape index (κ1) is 30.5. The number of aromatic nitrogens is 2. The van der Waals surface area contributed by atoms with Gasteiger partial charge in [0, 0.05) is 44.1 Å². The van der Waals surface area contributed by atoms with E-state index >= 15 is 0 Å². The van der Waals surface area contributed by atoms with Gasteiger partial charge in [-0.1, -0.05) is 43.7 Å². The van der Waals surface area contributed by atoms with Gasteiger partial charge in [-0.3, -0.25) is 4.79 Å². The van der Waals surface area contributed by atoms with Crippen molar-refractivity contribution < 1.29 is 9.18 Å². The minimum absolute atomic E-state index is 0.291. The molecule has 2 aromatic carbocycles. The Bertz CT molecular complexity index is 1170. The zero-order valence-electron chi connectivity index (χ0n) is 22.5. The third kappa shape index (κ3) is 9.32. The smallest absolute Gasteiger partial charge is 0.229 e. The lowest BCUT2D eigenvalue weighted by Crippen LogP contribution is -2.44. The molecule has 0 unspecified atom stereocenters. The van der Waals surface area contributed by atoms with E-state index in [1.807, 2.05) is 45.0 Å². The van der Waals surface area contributed by atoms with Crippen LogP contribution in [0.1, 0.15) is 26.3 Å². The lowest BCUT2D eigenvalue weighted by molar-refractivity contribution is -0.105. The lowest BCUT2D eigenvalue weighted by atomic mass is 10.2. The summed E-state index contributed by atoms with van der Waals surface area (Å²) in [7, 11) is 2.07. The van der Waals surface area contributed by atoms with Gasteiger partial charge in [0.1, 0.15) is 10.8 Å². The fourth-order valence-electron chi connectivity index (χ4n) is 3.59. The highest BCUT2D eigenvalue weighted by Gasteiger charge is 2.17. The second kappa shape index (κ2) is 16.2. The number of rotatable bonds is 8. The van der Waals surface area contributed by atoms with Crippen molar-refractivity contribution in [3.8, 4) is 0 Å². The maximum atomic E-state index is 14.8. The first-order valence-electron chi connectivity index (χ1n) is 12.6. The largest absolute Gasteiger partial charge is 0.367 e. The van der Waals surface area contributed by atoms with Crippen LogP contribution in [0.5, 0.6) is 0 Å². The molecule has 204 valence electrons. The minimum Gasteiger partial charge on any atom is -0.367 e. The molecule has 0 aliphatic carbocycles. The summed E-state index contributed by atoms with van der Waals surface area (Å²) in [5.74, 6) is 0.447. The fourth-order valence-corrected chi connectivity index (χ4v) is 3.75. The second-order valence-electron chi connectivity index (χ2n) is 8.20. The lowest BCUT2D eigenvalue weighted by Gasteiger charge is -2.34. The van der Waals surface area contributed by atoms with Crippen LogP contribution in [-0.4, -0.2) is 54.5 Å². The van der Waals surface area contributed by atoms with E-state index in [0.717, 1.165) is 31.7 Å². The molecule has 3 aromatic rings. The Balaban J connectivity index is 0.000000947. The molecular formula is C28H37ClFN7O. The van der Waals surface area contributed by atoms with Crippen molar-refractivity contribution >= 4 is 46.8 Å². The van der Waals surface area contributed by atoms with Gasteiger partial charge in [-0.2, -0.15) is 4.98 Å². The number of amides is 1. The molecule has 4 rings (SSSR count). The first-order valence-corrected chi connectivity index (χ1v) is 12.9. The van der Waals surface area contributed by atoms with Crippen LogP contribution in [0.4, 0.5) is 33.2 Å². The molecule has 8 nitrogen and oxygen atoms in total. The van der Waals surface area contributed by atoms with Crippen LogP contribution in [0, 0.1) is 5.82 Å². The number of likely N-dealkylation sites (N-methyl/N-ethyl adjacent to an activating group) is 1. The zero-order valence-corrected chi connectivity index (χ0v) is 23.2. The van der Waals surface area contributed by atoms with E-state index in [-0.39, 0.29) is 5.82 Å². The quantitative estimate of drug-likeness (QED) is 0.232. The molecule has 38 heavy (non-hydrogen) atoms. The minimum atomic E-state index is -0.291. The summed E-state index contributed by atoms with van der Waals surface area (Å²) in [4.78, 5) is 23.5. The van der Waals surface area contributed by atoms with Crippen molar-refractivity contribution in [1.29, 1.82) is 0 Å². The van der Waals surface area contributed by atoms with E-state index in [1.54, 1.807) is 18.2 Å². The van der Waals surface area contributed by atoms with Crippen LogP contribution < -0.4 is 20.9 Å². The molecule has 0 spiro atoms. The van der Waals surface area contributed by atoms with Crippen molar-refractivity contribution in [3.63, 3.8) is 0 Å². The predicted octanol–water partition coefficient (Wildman–Crippen LogP) is 6.16. The monoisotopic (exact) mass is 541 g/mol. The van der Waals surface area contributed by atoms with E-state index in [2.05, 4.69) is 49.3 Å². The Kier molecular flexibility index (Phi) is 13.0. The van der Waals surface area contributed by atoms with Crippen LogP contribution in [0.2, 0.25) is 5.02 Å². The maximum Gasteiger partial charge on any atom is 0.229 e. The van der Waals surface area contributed by atoms with Gasteiger partial charge < -0.3 is 25.8 Å². The standard InChI is InChI=1S/C23H25ClFN7O.C3H6.C2H6/c1-31-7-9-32(10-8-31)21-6-5-18(12-20(21)25)29-23-27-14-19(24)22(30-23)26-13-16-3-2-4-17(11-16)28-15-33;1-3-2;1-2/h2-6,11-12,14-15H,7-10,13H2,1H3,(H,28,33)(H2,26,27,29,30);3H,1H2,2H3;1-2H3. The Morgan fingerprint density at radius 1 is 1.11 bits per heavy atom. The van der Waals surface area contributed by atoms with E-state index in [4.69, 9.17) is 11.6 Å². The third-order valence-electron chi connectivity index (χ3n) is 5.40. The Morgan fingerprint density at radius 3 is 2.47 bits per heavy atom. The van der Waals surface area contributed by atoms with Crippen LogP contribution in [-0.2, 0) is 11.3 Å². The summed E-state index contributed by atoms with van der Waals surface area (Å²) in [5, 5.41) is 9.18.